The second kappa shape index (κ2) is 7.00. The highest BCUT2D eigenvalue weighted by molar-refractivity contribution is 9.10. The van der Waals surface area contributed by atoms with Gasteiger partial charge >= 0.3 is 6.01 Å². The zero-order chi connectivity index (χ0) is 15.4. The van der Waals surface area contributed by atoms with Gasteiger partial charge in [0.25, 0.3) is 0 Å². The summed E-state index contributed by atoms with van der Waals surface area (Å²) >= 11 is 9.12. The van der Waals surface area contributed by atoms with Crippen LogP contribution in [0.2, 0.25) is 5.28 Å². The maximum absolute atomic E-state index is 13.1. The standard InChI is InChI=1S/C13H13BrClFN4O/c1-3-20(4-2)12-17-11(15)18-13(19-12)21-10-6-5-8(16)7-9(10)14/h5-7H,3-4H2,1-2H3. The number of halogens is 3. The van der Waals surface area contributed by atoms with Gasteiger partial charge in [-0.25, -0.2) is 4.39 Å². The summed E-state index contributed by atoms with van der Waals surface area (Å²) in [5.74, 6) is 0.462. The summed E-state index contributed by atoms with van der Waals surface area (Å²) in [6, 6.07) is 4.12. The molecule has 2 aromatic rings. The van der Waals surface area contributed by atoms with Crippen molar-refractivity contribution in [1.82, 2.24) is 15.0 Å². The lowest BCUT2D eigenvalue weighted by molar-refractivity contribution is 0.435. The third kappa shape index (κ3) is 4.01. The Morgan fingerprint density at radius 1 is 1.24 bits per heavy atom. The van der Waals surface area contributed by atoms with Crippen LogP contribution in [0.4, 0.5) is 10.3 Å². The van der Waals surface area contributed by atoms with E-state index in [1.165, 1.54) is 18.2 Å². The molecule has 0 radical (unpaired) electrons. The van der Waals surface area contributed by atoms with Crippen LogP contribution >= 0.6 is 27.5 Å². The van der Waals surface area contributed by atoms with Crippen molar-refractivity contribution in [3.8, 4) is 11.8 Å². The Bertz CT molecular complexity index is 640. The molecule has 1 heterocycles. The van der Waals surface area contributed by atoms with Crippen molar-refractivity contribution in [3.05, 3.63) is 33.8 Å². The normalized spacial score (nSPS) is 10.5. The van der Waals surface area contributed by atoms with Gasteiger partial charge in [0.15, 0.2) is 0 Å². The topological polar surface area (TPSA) is 51.1 Å². The number of rotatable bonds is 5. The van der Waals surface area contributed by atoms with Gasteiger partial charge in [-0.2, -0.15) is 15.0 Å². The summed E-state index contributed by atoms with van der Waals surface area (Å²) in [4.78, 5) is 14.1. The SMILES string of the molecule is CCN(CC)c1nc(Cl)nc(Oc2ccc(F)cc2Br)n1. The van der Waals surface area contributed by atoms with Crippen molar-refractivity contribution in [2.24, 2.45) is 0 Å². The van der Waals surface area contributed by atoms with Crippen molar-refractivity contribution >= 4 is 33.5 Å². The summed E-state index contributed by atoms with van der Waals surface area (Å²) in [5.41, 5.74) is 0. The Labute approximate surface area is 135 Å². The molecule has 0 aliphatic rings. The molecule has 0 atom stereocenters. The lowest BCUT2D eigenvalue weighted by atomic mass is 10.3. The molecule has 8 heteroatoms. The molecule has 0 saturated carbocycles. The smallest absolute Gasteiger partial charge is 0.328 e. The van der Waals surface area contributed by atoms with Gasteiger partial charge in [-0.3, -0.25) is 0 Å². The van der Waals surface area contributed by atoms with Gasteiger partial charge in [0.05, 0.1) is 4.47 Å². The predicted octanol–water partition coefficient (Wildman–Crippen LogP) is 4.07. The lowest BCUT2D eigenvalue weighted by Crippen LogP contribution is -2.24. The van der Waals surface area contributed by atoms with Gasteiger partial charge in [-0.05, 0) is 59.6 Å². The molecule has 1 aromatic heterocycles. The maximum atomic E-state index is 13.1. The maximum Gasteiger partial charge on any atom is 0.328 e. The van der Waals surface area contributed by atoms with Crippen molar-refractivity contribution in [3.63, 3.8) is 0 Å². The molecule has 0 aliphatic heterocycles. The third-order valence-electron chi connectivity index (χ3n) is 2.72. The molecule has 21 heavy (non-hydrogen) atoms. The van der Waals surface area contributed by atoms with Gasteiger partial charge in [-0.1, -0.05) is 0 Å². The largest absolute Gasteiger partial charge is 0.423 e. The fraction of sp³-hybridized carbons (Fsp3) is 0.308. The number of hydrogen-bond donors (Lipinski definition) is 0. The molecule has 5 nitrogen and oxygen atoms in total. The number of aromatic nitrogens is 3. The van der Waals surface area contributed by atoms with Crippen LogP contribution in [0.25, 0.3) is 0 Å². The Morgan fingerprint density at radius 3 is 2.57 bits per heavy atom. The zero-order valence-corrected chi connectivity index (χ0v) is 13.8. The van der Waals surface area contributed by atoms with Crippen LogP contribution in [0, 0.1) is 5.82 Å². The Balaban J connectivity index is 2.31. The van der Waals surface area contributed by atoms with Crippen molar-refractivity contribution in [1.29, 1.82) is 0 Å². The molecule has 0 amide bonds. The molecule has 112 valence electrons. The highest BCUT2D eigenvalue weighted by Gasteiger charge is 2.13. The molecule has 0 bridgehead atoms. The number of ether oxygens (including phenoxy) is 1. The van der Waals surface area contributed by atoms with Crippen LogP contribution in [0.15, 0.2) is 22.7 Å². The fourth-order valence-corrected chi connectivity index (χ4v) is 2.25. The average Bonchev–Trinajstić information content (AvgIpc) is 2.43. The molecule has 0 spiro atoms. The molecule has 0 saturated heterocycles. The molecule has 0 N–H and O–H groups in total. The fourth-order valence-electron chi connectivity index (χ4n) is 1.67. The number of benzene rings is 1. The van der Waals surface area contributed by atoms with E-state index in [1.54, 1.807) is 0 Å². The molecule has 0 fully saturated rings. The van der Waals surface area contributed by atoms with Crippen LogP contribution < -0.4 is 9.64 Å². The minimum atomic E-state index is -0.369. The summed E-state index contributed by atoms with van der Waals surface area (Å²) in [5, 5.41) is 0.0418. The van der Waals surface area contributed by atoms with Gasteiger partial charge < -0.3 is 9.64 Å². The Hall–Kier alpha value is -1.47. The Kier molecular flexibility index (Phi) is 5.30. The highest BCUT2D eigenvalue weighted by atomic mass is 79.9. The van der Waals surface area contributed by atoms with Gasteiger partial charge in [0, 0.05) is 13.1 Å². The summed E-state index contributed by atoms with van der Waals surface area (Å²) in [6.45, 7) is 5.43. The van der Waals surface area contributed by atoms with Crippen LogP contribution in [0.5, 0.6) is 11.8 Å². The summed E-state index contributed by atoms with van der Waals surface area (Å²) in [6.07, 6.45) is 0. The minimum Gasteiger partial charge on any atom is -0.423 e. The zero-order valence-electron chi connectivity index (χ0n) is 11.5. The third-order valence-corrected chi connectivity index (χ3v) is 3.51. The van der Waals surface area contributed by atoms with Crippen LogP contribution in [-0.4, -0.2) is 28.0 Å². The quantitative estimate of drug-likeness (QED) is 0.788. The Morgan fingerprint density at radius 2 is 1.95 bits per heavy atom. The molecule has 0 unspecified atom stereocenters. The lowest BCUT2D eigenvalue weighted by Gasteiger charge is -2.18. The monoisotopic (exact) mass is 374 g/mol. The average molecular weight is 376 g/mol. The van der Waals surface area contributed by atoms with E-state index < -0.39 is 0 Å². The molecule has 2 rings (SSSR count). The van der Waals surface area contributed by atoms with E-state index in [0.29, 0.717) is 16.2 Å². The second-order valence-corrected chi connectivity index (χ2v) is 5.23. The molecular weight excluding hydrogens is 363 g/mol. The molecule has 0 aliphatic carbocycles. The van der Waals surface area contributed by atoms with Gasteiger partial charge in [0.1, 0.15) is 11.6 Å². The van der Waals surface area contributed by atoms with E-state index in [-0.39, 0.29) is 17.1 Å². The number of anilines is 1. The first-order valence-electron chi connectivity index (χ1n) is 6.33. The van der Waals surface area contributed by atoms with E-state index in [9.17, 15) is 4.39 Å². The summed E-state index contributed by atoms with van der Waals surface area (Å²) in [7, 11) is 0. The first-order valence-corrected chi connectivity index (χ1v) is 7.50. The first-order chi connectivity index (χ1) is 10.0. The van der Waals surface area contributed by atoms with E-state index in [4.69, 9.17) is 16.3 Å². The van der Waals surface area contributed by atoms with Crippen LogP contribution in [-0.2, 0) is 0 Å². The van der Waals surface area contributed by atoms with E-state index in [2.05, 4.69) is 30.9 Å². The molecular formula is C13H13BrClFN4O. The van der Waals surface area contributed by atoms with Crippen LogP contribution in [0.3, 0.4) is 0 Å². The second-order valence-electron chi connectivity index (χ2n) is 4.04. The van der Waals surface area contributed by atoms with E-state index in [1.807, 2.05) is 18.7 Å². The van der Waals surface area contributed by atoms with Crippen molar-refractivity contribution in [2.45, 2.75) is 13.8 Å². The number of nitrogens with zero attached hydrogens (tertiary/aromatic N) is 4. The van der Waals surface area contributed by atoms with Crippen LogP contribution in [0.1, 0.15) is 13.8 Å². The van der Waals surface area contributed by atoms with E-state index >= 15 is 0 Å². The van der Waals surface area contributed by atoms with Gasteiger partial charge in [-0.15, -0.1) is 0 Å². The van der Waals surface area contributed by atoms with Crippen molar-refractivity contribution < 1.29 is 9.13 Å². The predicted molar refractivity (Wildman–Crippen MR) is 82.6 cm³/mol. The summed E-state index contributed by atoms with van der Waals surface area (Å²) < 4.78 is 19.1. The highest BCUT2D eigenvalue weighted by Crippen LogP contribution is 2.29. The van der Waals surface area contributed by atoms with E-state index in [0.717, 1.165) is 13.1 Å². The first kappa shape index (κ1) is 15.9. The minimum absolute atomic E-state index is 0.0418. The number of hydrogen-bond acceptors (Lipinski definition) is 5. The molecule has 1 aromatic carbocycles. The van der Waals surface area contributed by atoms with Crippen molar-refractivity contribution in [2.75, 3.05) is 18.0 Å². The van der Waals surface area contributed by atoms with Gasteiger partial charge in [0.2, 0.25) is 11.2 Å².